The van der Waals surface area contributed by atoms with E-state index in [-0.39, 0.29) is 12.4 Å². The Hall–Kier alpha value is -0.240. The molecule has 1 aromatic carbocycles. The zero-order chi connectivity index (χ0) is 13.4. The molecule has 1 N–H and O–H groups in total. The van der Waals surface area contributed by atoms with Crippen molar-refractivity contribution in [3.63, 3.8) is 0 Å². The van der Waals surface area contributed by atoms with Crippen LogP contribution in [0, 0.1) is 17.8 Å². The van der Waals surface area contributed by atoms with Gasteiger partial charge >= 0.3 is 0 Å². The van der Waals surface area contributed by atoms with E-state index >= 15 is 0 Å². The normalized spacial score (nSPS) is 32.2. The average Bonchev–Trinajstić information content (AvgIpc) is 2.41. The number of benzene rings is 1. The summed E-state index contributed by atoms with van der Waals surface area (Å²) in [6.45, 7) is 1.31. The summed E-state index contributed by atoms with van der Waals surface area (Å²) in [5.41, 5.74) is 1.53. The molecule has 3 aliphatic rings. The van der Waals surface area contributed by atoms with Crippen LogP contribution < -0.4 is 17.3 Å². The Bertz CT molecular complexity index is 421. The van der Waals surface area contributed by atoms with E-state index < -0.39 is 0 Å². The second-order valence-electron chi connectivity index (χ2n) is 6.83. The van der Waals surface area contributed by atoms with E-state index in [4.69, 9.17) is 11.6 Å². The molecule has 3 heteroatoms. The number of nitrogens with one attached hydrogen (secondary N) is 1. The molecule has 3 saturated carbocycles. The summed E-state index contributed by atoms with van der Waals surface area (Å²) in [4.78, 5) is 1.59. The predicted molar refractivity (Wildman–Crippen MR) is 80.8 cm³/mol. The summed E-state index contributed by atoms with van der Waals surface area (Å²) < 4.78 is 0. The molecule has 0 spiro atoms. The molecular formula is C17H25Cl2N. The van der Waals surface area contributed by atoms with Crippen molar-refractivity contribution in [2.75, 3.05) is 20.6 Å². The highest BCUT2D eigenvalue weighted by molar-refractivity contribution is 6.30. The third-order valence-electron chi connectivity index (χ3n) is 5.29. The summed E-state index contributed by atoms with van der Waals surface area (Å²) in [6.07, 6.45) is 5.81. The number of hydrogen-bond acceptors (Lipinski definition) is 0. The fourth-order valence-corrected chi connectivity index (χ4v) is 4.67. The SMILES string of the molecule is C[NH+](C)C[C@@H]1C2CCC(CC2)[C@@H]1c1ccc(Cl)cc1.[Cl-]. The summed E-state index contributed by atoms with van der Waals surface area (Å²) >= 11 is 6.05. The second kappa shape index (κ2) is 6.68. The molecule has 3 fully saturated rings. The van der Waals surface area contributed by atoms with E-state index in [0.29, 0.717) is 0 Å². The Kier molecular flexibility index (Phi) is 5.39. The van der Waals surface area contributed by atoms with Crippen LogP contribution >= 0.6 is 11.6 Å². The van der Waals surface area contributed by atoms with Crippen LogP contribution in [0.3, 0.4) is 0 Å². The first-order chi connectivity index (χ1) is 9.15. The number of fused-ring (bicyclic) bond motifs is 3. The summed E-state index contributed by atoms with van der Waals surface area (Å²) in [5.74, 6) is 3.52. The minimum atomic E-state index is 0. The molecule has 4 rings (SSSR count). The highest BCUT2D eigenvalue weighted by Crippen LogP contribution is 2.52. The van der Waals surface area contributed by atoms with Gasteiger partial charge < -0.3 is 17.3 Å². The molecule has 3 aliphatic carbocycles. The number of quaternary nitrogens is 1. The van der Waals surface area contributed by atoms with Crippen molar-refractivity contribution in [1.82, 2.24) is 0 Å². The van der Waals surface area contributed by atoms with E-state index in [1.165, 1.54) is 37.8 Å². The number of hydrogen-bond donors (Lipinski definition) is 1. The van der Waals surface area contributed by atoms with Crippen LogP contribution in [0.25, 0.3) is 0 Å². The maximum Gasteiger partial charge on any atom is 0.0804 e. The van der Waals surface area contributed by atoms with Crippen molar-refractivity contribution in [2.24, 2.45) is 17.8 Å². The van der Waals surface area contributed by atoms with E-state index in [1.54, 1.807) is 4.90 Å². The predicted octanol–water partition coefficient (Wildman–Crippen LogP) is 0.00830. The van der Waals surface area contributed by atoms with Gasteiger partial charge in [0.15, 0.2) is 0 Å². The lowest BCUT2D eigenvalue weighted by Crippen LogP contribution is -3.06. The third-order valence-corrected chi connectivity index (χ3v) is 5.54. The molecule has 0 radical (unpaired) electrons. The molecule has 0 unspecified atom stereocenters. The molecule has 0 saturated heterocycles. The Balaban J connectivity index is 0.00000147. The monoisotopic (exact) mass is 313 g/mol. The van der Waals surface area contributed by atoms with E-state index in [2.05, 4.69) is 38.4 Å². The quantitative estimate of drug-likeness (QED) is 0.802. The van der Waals surface area contributed by atoms with Crippen molar-refractivity contribution < 1.29 is 17.3 Å². The molecule has 0 amide bonds. The summed E-state index contributed by atoms with van der Waals surface area (Å²) in [7, 11) is 4.59. The molecule has 1 aromatic rings. The van der Waals surface area contributed by atoms with Gasteiger partial charge in [-0.25, -0.2) is 0 Å². The minimum absolute atomic E-state index is 0. The molecule has 0 aromatic heterocycles. The van der Waals surface area contributed by atoms with Crippen LogP contribution in [0.1, 0.15) is 37.2 Å². The maximum atomic E-state index is 6.05. The number of rotatable bonds is 3. The van der Waals surface area contributed by atoms with Gasteiger partial charge in [0.05, 0.1) is 20.6 Å². The van der Waals surface area contributed by atoms with Gasteiger partial charge in [-0.05, 0) is 61.1 Å². The Morgan fingerprint density at radius 3 is 2.10 bits per heavy atom. The second-order valence-corrected chi connectivity index (χ2v) is 7.26. The molecule has 0 aliphatic heterocycles. The van der Waals surface area contributed by atoms with E-state index in [9.17, 15) is 0 Å². The minimum Gasteiger partial charge on any atom is -1.00 e. The van der Waals surface area contributed by atoms with Gasteiger partial charge in [0.1, 0.15) is 0 Å². The smallest absolute Gasteiger partial charge is 0.0804 e. The first kappa shape index (κ1) is 16.1. The van der Waals surface area contributed by atoms with Crippen LogP contribution in [-0.2, 0) is 0 Å². The van der Waals surface area contributed by atoms with Crippen molar-refractivity contribution in [3.8, 4) is 0 Å². The summed E-state index contributed by atoms with van der Waals surface area (Å²) in [6, 6.07) is 8.68. The molecule has 1 nitrogen and oxygen atoms in total. The standard InChI is InChI=1S/C17H24ClN.ClH/c1-19(2)11-16-12-3-5-13(6-4-12)17(16)14-7-9-15(18)10-8-14;/h7-10,12-13,16-17H,3-6,11H2,1-2H3;1H/t12?,13?,16-,17-;/m1./s1. The Morgan fingerprint density at radius 1 is 1.00 bits per heavy atom. The zero-order valence-corrected chi connectivity index (χ0v) is 13.9. The largest absolute Gasteiger partial charge is 1.00 e. The molecule has 20 heavy (non-hydrogen) atoms. The van der Waals surface area contributed by atoms with Crippen LogP contribution in [0.4, 0.5) is 0 Å². The highest BCUT2D eigenvalue weighted by Gasteiger charge is 2.45. The van der Waals surface area contributed by atoms with Crippen molar-refractivity contribution >= 4 is 11.6 Å². The van der Waals surface area contributed by atoms with E-state index in [1.807, 2.05) is 0 Å². The average molecular weight is 314 g/mol. The van der Waals surface area contributed by atoms with Crippen LogP contribution in [0.2, 0.25) is 5.02 Å². The van der Waals surface area contributed by atoms with Crippen LogP contribution in [0.15, 0.2) is 24.3 Å². The van der Waals surface area contributed by atoms with Gasteiger partial charge in [-0.15, -0.1) is 0 Å². The van der Waals surface area contributed by atoms with Gasteiger partial charge in [-0.1, -0.05) is 23.7 Å². The lowest BCUT2D eigenvalue weighted by atomic mass is 9.57. The zero-order valence-electron chi connectivity index (χ0n) is 12.4. The fraction of sp³-hybridized carbons (Fsp3) is 0.647. The van der Waals surface area contributed by atoms with Gasteiger partial charge in [0.25, 0.3) is 0 Å². The van der Waals surface area contributed by atoms with Crippen LogP contribution in [0.5, 0.6) is 0 Å². The molecule has 2 bridgehead atoms. The van der Waals surface area contributed by atoms with Gasteiger partial charge in [0.2, 0.25) is 0 Å². The van der Waals surface area contributed by atoms with Crippen molar-refractivity contribution in [1.29, 1.82) is 0 Å². The van der Waals surface area contributed by atoms with Crippen molar-refractivity contribution in [3.05, 3.63) is 34.9 Å². The highest BCUT2D eigenvalue weighted by atomic mass is 35.5. The first-order valence-electron chi connectivity index (χ1n) is 7.69. The molecule has 112 valence electrons. The lowest BCUT2D eigenvalue weighted by Gasteiger charge is -2.49. The van der Waals surface area contributed by atoms with Crippen LogP contribution in [-0.4, -0.2) is 20.6 Å². The molecular weight excluding hydrogens is 289 g/mol. The van der Waals surface area contributed by atoms with Gasteiger partial charge in [-0.2, -0.15) is 0 Å². The maximum absolute atomic E-state index is 6.05. The Morgan fingerprint density at radius 2 is 1.55 bits per heavy atom. The van der Waals surface area contributed by atoms with Gasteiger partial charge in [-0.3, -0.25) is 0 Å². The number of halogens is 2. The molecule has 2 atom stereocenters. The topological polar surface area (TPSA) is 4.44 Å². The fourth-order valence-electron chi connectivity index (χ4n) is 4.54. The third kappa shape index (κ3) is 3.16. The van der Waals surface area contributed by atoms with Gasteiger partial charge in [0, 0.05) is 10.9 Å². The summed E-state index contributed by atoms with van der Waals surface area (Å²) in [5, 5.41) is 0.861. The molecule has 0 heterocycles. The van der Waals surface area contributed by atoms with Crippen molar-refractivity contribution in [2.45, 2.75) is 31.6 Å². The Labute approximate surface area is 134 Å². The lowest BCUT2D eigenvalue weighted by molar-refractivity contribution is -0.863. The van der Waals surface area contributed by atoms with E-state index in [0.717, 1.165) is 28.7 Å². The first-order valence-corrected chi connectivity index (χ1v) is 8.07.